The first-order chi connectivity index (χ1) is 17.4. The molecule has 0 saturated carbocycles. The van der Waals surface area contributed by atoms with Crippen molar-refractivity contribution in [2.24, 2.45) is 5.92 Å². The van der Waals surface area contributed by atoms with Crippen LogP contribution in [0.3, 0.4) is 0 Å². The van der Waals surface area contributed by atoms with Crippen LogP contribution in [0.1, 0.15) is 45.7 Å². The van der Waals surface area contributed by atoms with Gasteiger partial charge in [-0.3, -0.25) is 4.79 Å². The van der Waals surface area contributed by atoms with Gasteiger partial charge in [0.1, 0.15) is 41.2 Å². The number of aliphatic hydroxyl groups excluding tert-OH is 4. The number of fused-ring (bicyclic) bond motifs is 1. The van der Waals surface area contributed by atoms with E-state index in [-0.39, 0.29) is 17.9 Å². The van der Waals surface area contributed by atoms with Gasteiger partial charge in [-0.25, -0.2) is 9.78 Å². The lowest BCUT2D eigenvalue weighted by atomic mass is 9.99. The van der Waals surface area contributed by atoms with E-state index in [1.165, 1.54) is 11.3 Å². The van der Waals surface area contributed by atoms with Crippen LogP contribution in [-0.4, -0.2) is 86.9 Å². The number of hydrogen-bond acceptors (Lipinski definition) is 11. The smallest absolute Gasteiger partial charge is 0.408 e. The number of carbonyl (C=O) groups excluding carboxylic acids is 2. The molecule has 6 N–H and O–H groups in total. The predicted octanol–water partition coefficient (Wildman–Crippen LogP) is 0.811. The second-order valence-electron chi connectivity index (χ2n) is 9.55. The van der Waals surface area contributed by atoms with E-state index in [0.717, 1.165) is 4.70 Å². The van der Waals surface area contributed by atoms with Gasteiger partial charge in [0.15, 0.2) is 0 Å². The van der Waals surface area contributed by atoms with Gasteiger partial charge in [-0.05, 0) is 44.9 Å². The quantitative estimate of drug-likeness (QED) is 0.266. The second-order valence-corrected chi connectivity index (χ2v) is 10.6. The first-order valence-electron chi connectivity index (χ1n) is 12.1. The lowest BCUT2D eigenvalue weighted by molar-refractivity contribution is -0.277. The minimum atomic E-state index is -1.55. The van der Waals surface area contributed by atoms with Crippen LogP contribution in [0.4, 0.5) is 4.79 Å². The summed E-state index contributed by atoms with van der Waals surface area (Å²) in [6.45, 7) is 8.31. The van der Waals surface area contributed by atoms with Crippen molar-refractivity contribution >= 4 is 33.6 Å². The van der Waals surface area contributed by atoms with Crippen LogP contribution in [0.15, 0.2) is 18.2 Å². The molecule has 1 aliphatic heterocycles. The lowest BCUT2D eigenvalue weighted by Crippen LogP contribution is -2.60. The van der Waals surface area contributed by atoms with Crippen molar-refractivity contribution in [3.8, 4) is 5.75 Å². The summed E-state index contributed by atoms with van der Waals surface area (Å²) in [6.07, 6.45) is -7.91. The molecule has 2 amide bonds. The maximum atomic E-state index is 12.9. The zero-order chi connectivity index (χ0) is 27.4. The highest BCUT2D eigenvalue weighted by Gasteiger charge is 2.44. The van der Waals surface area contributed by atoms with Crippen molar-refractivity contribution in [1.29, 1.82) is 0 Å². The number of benzene rings is 1. The van der Waals surface area contributed by atoms with Crippen molar-refractivity contribution in [2.75, 3.05) is 6.61 Å². The molecule has 2 aromatic rings. The average Bonchev–Trinajstić information content (AvgIpc) is 3.26. The van der Waals surface area contributed by atoms with Crippen molar-refractivity contribution in [3.05, 3.63) is 23.2 Å². The third kappa shape index (κ3) is 7.06. The number of nitrogens with zero attached hydrogens (tertiary/aromatic N) is 1. The fourth-order valence-corrected chi connectivity index (χ4v) is 4.75. The second kappa shape index (κ2) is 12.3. The van der Waals surface area contributed by atoms with Crippen molar-refractivity contribution < 1.29 is 44.2 Å². The Morgan fingerprint density at radius 1 is 1.08 bits per heavy atom. The molecule has 0 radical (unpaired) electrons. The van der Waals surface area contributed by atoms with E-state index >= 15 is 0 Å². The van der Waals surface area contributed by atoms with Gasteiger partial charge in [-0.15, -0.1) is 11.3 Å². The molecule has 206 valence electrons. The molecule has 1 aliphatic rings. The van der Waals surface area contributed by atoms with Crippen LogP contribution in [0.25, 0.3) is 10.2 Å². The van der Waals surface area contributed by atoms with Gasteiger partial charge in [0, 0.05) is 0 Å². The zero-order valence-electron chi connectivity index (χ0n) is 21.3. The molecule has 1 fully saturated rings. The highest BCUT2D eigenvalue weighted by atomic mass is 32.1. The molecular weight excluding hydrogens is 506 g/mol. The zero-order valence-corrected chi connectivity index (χ0v) is 22.1. The maximum Gasteiger partial charge on any atom is 0.408 e. The Morgan fingerprint density at radius 2 is 1.78 bits per heavy atom. The molecule has 13 heteroatoms. The Labute approximate surface area is 218 Å². The summed E-state index contributed by atoms with van der Waals surface area (Å²) in [5, 5.41) is 45.6. The van der Waals surface area contributed by atoms with E-state index in [2.05, 4.69) is 15.6 Å². The Morgan fingerprint density at radius 3 is 2.41 bits per heavy atom. The number of amides is 2. The molecule has 12 nitrogen and oxygen atoms in total. The van der Waals surface area contributed by atoms with E-state index in [1.54, 1.807) is 39.0 Å². The van der Waals surface area contributed by atoms with E-state index < -0.39 is 55.5 Å². The van der Waals surface area contributed by atoms with E-state index in [1.807, 2.05) is 13.8 Å². The Balaban J connectivity index is 1.69. The summed E-state index contributed by atoms with van der Waals surface area (Å²) in [5.74, 6) is -0.227. The Kier molecular flexibility index (Phi) is 9.67. The minimum Gasteiger partial charge on any atom is -0.462 e. The molecule has 3 rings (SSSR count). The number of alkyl carbamates (subject to hydrolysis) is 1. The summed E-state index contributed by atoms with van der Waals surface area (Å²) in [6, 6.07) is 3.73. The fraction of sp³-hybridized carbons (Fsp3) is 0.625. The number of nitrogens with one attached hydrogen (secondary N) is 2. The van der Waals surface area contributed by atoms with E-state index in [0.29, 0.717) is 16.3 Å². The van der Waals surface area contributed by atoms with Gasteiger partial charge in [-0.1, -0.05) is 13.8 Å². The summed E-state index contributed by atoms with van der Waals surface area (Å²) >= 11 is 1.32. The molecule has 0 bridgehead atoms. The molecule has 1 aromatic carbocycles. The molecule has 37 heavy (non-hydrogen) atoms. The first-order valence-corrected chi connectivity index (χ1v) is 12.9. The standard InChI is InChI=1S/C24H35N3O9S/c1-10(2)17(27-24(33)34-11(3)4)21(32)25-12(5)22-26-14-7-6-13(8-16(14)37-22)35-23-20(31)19(30)18(29)15(9-28)36-23/h6-8,10-12,15,17-20,23,28-31H,9H2,1-5H3,(H,25,32)(H,27,33)/t12-,15-,17+,18-,19+,20-,23+/m1/s1. The predicted molar refractivity (Wildman–Crippen MR) is 134 cm³/mol. The fourth-order valence-electron chi connectivity index (χ4n) is 3.76. The number of carbonyl (C=O) groups is 2. The summed E-state index contributed by atoms with van der Waals surface area (Å²) in [4.78, 5) is 29.5. The van der Waals surface area contributed by atoms with Crippen LogP contribution >= 0.6 is 11.3 Å². The van der Waals surface area contributed by atoms with Crippen LogP contribution in [0, 0.1) is 5.92 Å². The van der Waals surface area contributed by atoms with E-state index in [9.17, 15) is 30.0 Å². The number of aliphatic hydroxyl groups is 4. The first kappa shape index (κ1) is 29.0. The molecule has 0 unspecified atom stereocenters. The van der Waals surface area contributed by atoms with Crippen molar-refractivity contribution in [3.63, 3.8) is 0 Å². The van der Waals surface area contributed by atoms with Gasteiger partial charge in [0.25, 0.3) is 0 Å². The van der Waals surface area contributed by atoms with Gasteiger partial charge in [-0.2, -0.15) is 0 Å². The highest BCUT2D eigenvalue weighted by Crippen LogP contribution is 2.31. The summed E-state index contributed by atoms with van der Waals surface area (Å²) < 4.78 is 16.9. The normalized spacial score (nSPS) is 25.6. The largest absolute Gasteiger partial charge is 0.462 e. The summed E-state index contributed by atoms with van der Waals surface area (Å²) in [7, 11) is 0. The number of thiazole rings is 1. The van der Waals surface area contributed by atoms with Crippen molar-refractivity contribution in [1.82, 2.24) is 15.6 Å². The highest BCUT2D eigenvalue weighted by molar-refractivity contribution is 7.18. The van der Waals surface area contributed by atoms with Gasteiger partial charge in [0.2, 0.25) is 12.2 Å². The molecule has 0 aliphatic carbocycles. The van der Waals surface area contributed by atoms with Gasteiger partial charge < -0.3 is 45.3 Å². The maximum absolute atomic E-state index is 12.9. The Hall–Kier alpha value is -2.55. The van der Waals surface area contributed by atoms with Gasteiger partial charge >= 0.3 is 6.09 Å². The minimum absolute atomic E-state index is 0.176. The molecule has 7 atom stereocenters. The monoisotopic (exact) mass is 541 g/mol. The topological polar surface area (TPSA) is 180 Å². The van der Waals surface area contributed by atoms with Crippen LogP contribution in [0.2, 0.25) is 0 Å². The molecule has 2 heterocycles. The van der Waals surface area contributed by atoms with Crippen LogP contribution in [0.5, 0.6) is 5.75 Å². The number of ether oxygens (including phenoxy) is 3. The number of aromatic nitrogens is 1. The Bertz CT molecular complexity index is 1080. The molecule has 1 saturated heterocycles. The van der Waals surface area contributed by atoms with Gasteiger partial charge in [0.05, 0.1) is 29.0 Å². The number of rotatable bonds is 9. The van der Waals surface area contributed by atoms with Crippen molar-refractivity contribution in [2.45, 2.75) is 83.5 Å². The third-order valence-electron chi connectivity index (χ3n) is 5.77. The summed E-state index contributed by atoms with van der Waals surface area (Å²) in [5.41, 5.74) is 0.654. The molecule has 0 spiro atoms. The molecule has 1 aromatic heterocycles. The third-order valence-corrected chi connectivity index (χ3v) is 6.97. The van der Waals surface area contributed by atoms with Crippen LogP contribution in [-0.2, 0) is 14.3 Å². The SMILES string of the molecule is CC(C)OC(=O)N[C@H](C(=O)N[C@H](C)c1nc2ccc(O[C@H]3O[C@H](CO)[C@@H](O)[C@H](O)[C@H]3O)cc2s1)C(C)C. The molecular formula is C24H35N3O9S. The average molecular weight is 542 g/mol. The lowest BCUT2D eigenvalue weighted by Gasteiger charge is -2.39. The van der Waals surface area contributed by atoms with E-state index in [4.69, 9.17) is 14.2 Å². The van der Waals surface area contributed by atoms with Crippen LogP contribution < -0.4 is 15.4 Å². The number of hydrogen-bond donors (Lipinski definition) is 6.